The first-order valence-corrected chi connectivity index (χ1v) is 12.8. The van der Waals surface area contributed by atoms with E-state index in [-0.39, 0.29) is 42.6 Å². The largest absolute Gasteiger partial charge is 0.472 e. The summed E-state index contributed by atoms with van der Waals surface area (Å²) in [5.41, 5.74) is 0.672. The second kappa shape index (κ2) is 7.54. The van der Waals surface area contributed by atoms with E-state index in [1.54, 1.807) is 12.5 Å². The average molecular weight is 499 g/mol. The molecule has 36 heavy (non-hydrogen) atoms. The number of ketones is 1. The highest BCUT2D eigenvalue weighted by molar-refractivity contribution is 5.93. The van der Waals surface area contributed by atoms with E-state index in [1.165, 1.54) is 19.8 Å². The molecule has 3 aliphatic carbocycles. The second-order valence-electron chi connectivity index (χ2n) is 11.9. The molecule has 8 heteroatoms. The maximum Gasteiger partial charge on any atom is 0.315 e. The van der Waals surface area contributed by atoms with Gasteiger partial charge in [0.05, 0.1) is 43.7 Å². The van der Waals surface area contributed by atoms with Crippen LogP contribution in [0, 0.1) is 28.1 Å². The fraction of sp³-hybridized carbons (Fsp3) is 0.679. The molecule has 6 rings (SSSR count). The molecule has 2 saturated heterocycles. The lowest BCUT2D eigenvalue weighted by molar-refractivity contribution is -0.207. The molecule has 3 heterocycles. The molecule has 0 N–H and O–H groups in total. The summed E-state index contributed by atoms with van der Waals surface area (Å²) in [6.45, 7) is 8.00. The number of allylic oxidation sites excluding steroid dienone is 1. The topological polar surface area (TPSA) is 101 Å². The molecule has 8 nitrogen and oxygen atoms in total. The van der Waals surface area contributed by atoms with E-state index in [0.29, 0.717) is 0 Å². The first-order chi connectivity index (χ1) is 17.0. The van der Waals surface area contributed by atoms with Crippen LogP contribution < -0.4 is 0 Å². The van der Waals surface area contributed by atoms with Crippen molar-refractivity contribution in [1.82, 2.24) is 0 Å². The van der Waals surface area contributed by atoms with Crippen molar-refractivity contribution in [3.8, 4) is 0 Å². The van der Waals surface area contributed by atoms with Crippen LogP contribution >= 0.6 is 0 Å². The Bertz CT molecular complexity index is 1170. The standard InChI is InChI=1S/C28H34O8/c1-13-15(14-7-8-34-12-14)9-16-21(13)27(3)17(10-20(30)33-6)26(2)18(29)11-19(32-5)28(4)23(26)22(24(27)35-16)36-25(28)31/h7-8,12,15-17,19,22-24H,9-11H2,1-6H3. The van der Waals surface area contributed by atoms with Gasteiger partial charge in [0.1, 0.15) is 18.0 Å². The Labute approximate surface area is 210 Å². The smallest absolute Gasteiger partial charge is 0.315 e. The number of hydrogen-bond donors (Lipinski definition) is 0. The van der Waals surface area contributed by atoms with Crippen LogP contribution in [0.2, 0.25) is 0 Å². The number of hydrogen-bond acceptors (Lipinski definition) is 8. The van der Waals surface area contributed by atoms with Gasteiger partial charge in [-0.3, -0.25) is 14.4 Å². The van der Waals surface area contributed by atoms with Gasteiger partial charge in [-0.05, 0) is 43.4 Å². The molecule has 10 atom stereocenters. The van der Waals surface area contributed by atoms with E-state index in [9.17, 15) is 14.4 Å². The summed E-state index contributed by atoms with van der Waals surface area (Å²) in [6.07, 6.45) is 2.47. The van der Waals surface area contributed by atoms with Gasteiger partial charge in [-0.15, -0.1) is 0 Å². The highest BCUT2D eigenvalue weighted by atomic mass is 16.6. The van der Waals surface area contributed by atoms with Crippen LogP contribution in [0.15, 0.2) is 34.2 Å². The summed E-state index contributed by atoms with van der Waals surface area (Å²) >= 11 is 0. The van der Waals surface area contributed by atoms with E-state index in [0.717, 1.165) is 17.6 Å². The molecule has 5 aliphatic rings. The van der Waals surface area contributed by atoms with E-state index in [2.05, 4.69) is 13.8 Å². The summed E-state index contributed by atoms with van der Waals surface area (Å²) in [5.74, 6) is -1.50. The highest BCUT2D eigenvalue weighted by Crippen LogP contribution is 2.73. The van der Waals surface area contributed by atoms with Gasteiger partial charge in [0.15, 0.2) is 0 Å². The Balaban J connectivity index is 1.57. The molecule has 0 bridgehead atoms. The van der Waals surface area contributed by atoms with Gasteiger partial charge < -0.3 is 23.4 Å². The number of ether oxygens (including phenoxy) is 4. The quantitative estimate of drug-likeness (QED) is 0.459. The summed E-state index contributed by atoms with van der Waals surface area (Å²) in [6, 6.07) is 1.97. The SMILES string of the molecule is COC(=O)CC1C2(C)C3=C(C)C(c4ccoc4)CC3OC2C2OC(=O)C3(C)C(OC)CC(=O)C1(C)C23. The predicted molar refractivity (Wildman–Crippen MR) is 126 cm³/mol. The first-order valence-electron chi connectivity index (χ1n) is 12.8. The Morgan fingerprint density at radius 2 is 1.89 bits per heavy atom. The molecule has 2 saturated carbocycles. The van der Waals surface area contributed by atoms with E-state index in [4.69, 9.17) is 23.4 Å². The van der Waals surface area contributed by atoms with Crippen molar-refractivity contribution in [1.29, 1.82) is 0 Å². The fourth-order valence-corrected chi connectivity index (χ4v) is 9.11. The molecule has 10 unspecified atom stereocenters. The van der Waals surface area contributed by atoms with Crippen molar-refractivity contribution in [2.45, 2.75) is 77.3 Å². The third-order valence-corrected chi connectivity index (χ3v) is 10.7. The van der Waals surface area contributed by atoms with Crippen LogP contribution in [0.3, 0.4) is 0 Å². The number of Topliss-reactive ketones (excluding diaryl/α,β-unsaturated/α-hetero) is 1. The number of methoxy groups -OCH3 is 2. The summed E-state index contributed by atoms with van der Waals surface area (Å²) in [5, 5.41) is 0. The Morgan fingerprint density at radius 1 is 1.14 bits per heavy atom. The van der Waals surface area contributed by atoms with Gasteiger partial charge >= 0.3 is 11.9 Å². The minimum atomic E-state index is -1.01. The minimum absolute atomic E-state index is 0.000197. The molecular weight excluding hydrogens is 464 g/mol. The number of fused-ring (bicyclic) bond motifs is 4. The number of carbonyl (C=O) groups is 3. The van der Waals surface area contributed by atoms with Crippen molar-refractivity contribution in [3.63, 3.8) is 0 Å². The van der Waals surface area contributed by atoms with Crippen LogP contribution in [-0.4, -0.2) is 56.4 Å². The van der Waals surface area contributed by atoms with Crippen LogP contribution in [-0.2, 0) is 33.3 Å². The lowest BCUT2D eigenvalue weighted by Gasteiger charge is -2.61. The Morgan fingerprint density at radius 3 is 2.53 bits per heavy atom. The molecular formula is C28H34O8. The summed E-state index contributed by atoms with van der Waals surface area (Å²) in [4.78, 5) is 40.4. The molecule has 0 amide bonds. The summed E-state index contributed by atoms with van der Waals surface area (Å²) < 4.78 is 29.1. The Kier molecular flexibility index (Phi) is 5.01. The molecule has 1 aromatic rings. The molecule has 0 radical (unpaired) electrons. The first kappa shape index (κ1) is 23.9. The highest BCUT2D eigenvalue weighted by Gasteiger charge is 2.80. The zero-order valence-electron chi connectivity index (χ0n) is 21.7. The van der Waals surface area contributed by atoms with Crippen molar-refractivity contribution in [2.75, 3.05) is 14.2 Å². The second-order valence-corrected chi connectivity index (χ2v) is 11.9. The Hall–Kier alpha value is -2.45. The zero-order valence-corrected chi connectivity index (χ0v) is 21.7. The van der Waals surface area contributed by atoms with Crippen molar-refractivity contribution >= 4 is 17.7 Å². The molecule has 194 valence electrons. The number of rotatable bonds is 4. The van der Waals surface area contributed by atoms with Crippen molar-refractivity contribution < 1.29 is 37.7 Å². The lowest BCUT2D eigenvalue weighted by atomic mass is 9.40. The zero-order chi connectivity index (χ0) is 25.8. The molecule has 4 fully saturated rings. The molecule has 1 aromatic heterocycles. The monoisotopic (exact) mass is 498 g/mol. The van der Waals surface area contributed by atoms with Crippen LogP contribution in [0.5, 0.6) is 0 Å². The maximum absolute atomic E-state index is 14.1. The lowest BCUT2D eigenvalue weighted by Crippen LogP contribution is -2.69. The number of furan rings is 1. The van der Waals surface area contributed by atoms with Crippen molar-refractivity contribution in [3.05, 3.63) is 35.3 Å². The molecule has 0 spiro atoms. The number of carbonyl (C=O) groups excluding carboxylic acids is 3. The van der Waals surface area contributed by atoms with E-state index in [1.807, 2.05) is 19.9 Å². The minimum Gasteiger partial charge on any atom is -0.472 e. The predicted octanol–water partition coefficient (Wildman–Crippen LogP) is 3.59. The van der Waals surface area contributed by atoms with Gasteiger partial charge in [-0.2, -0.15) is 0 Å². The van der Waals surface area contributed by atoms with Gasteiger partial charge in [0.2, 0.25) is 0 Å². The van der Waals surface area contributed by atoms with E-state index < -0.39 is 46.4 Å². The molecule has 0 aromatic carbocycles. The third-order valence-electron chi connectivity index (χ3n) is 10.7. The van der Waals surface area contributed by atoms with E-state index >= 15 is 0 Å². The van der Waals surface area contributed by atoms with Gasteiger partial charge in [-0.25, -0.2) is 0 Å². The fourth-order valence-electron chi connectivity index (χ4n) is 9.11. The van der Waals surface area contributed by atoms with Crippen LogP contribution in [0.1, 0.15) is 58.4 Å². The van der Waals surface area contributed by atoms with Gasteiger partial charge in [0.25, 0.3) is 0 Å². The van der Waals surface area contributed by atoms with Gasteiger partial charge in [-0.1, -0.05) is 19.4 Å². The number of esters is 2. The summed E-state index contributed by atoms with van der Waals surface area (Å²) in [7, 11) is 2.90. The van der Waals surface area contributed by atoms with Gasteiger partial charge in [0, 0.05) is 36.2 Å². The van der Waals surface area contributed by atoms with Crippen LogP contribution in [0.4, 0.5) is 0 Å². The average Bonchev–Trinajstić information content (AvgIpc) is 3.59. The van der Waals surface area contributed by atoms with Crippen LogP contribution in [0.25, 0.3) is 0 Å². The third kappa shape index (κ3) is 2.59. The normalized spacial score (nSPS) is 46.9. The molecule has 2 aliphatic heterocycles. The maximum atomic E-state index is 14.1. The van der Waals surface area contributed by atoms with Crippen molar-refractivity contribution in [2.24, 2.45) is 28.1 Å².